The van der Waals surface area contributed by atoms with Gasteiger partial charge in [0.2, 0.25) is 0 Å². The van der Waals surface area contributed by atoms with Gasteiger partial charge in [-0.1, -0.05) is 18.2 Å². The van der Waals surface area contributed by atoms with Gasteiger partial charge < -0.3 is 30.1 Å². The number of carbonyl (C=O) groups excluding carboxylic acids is 1. The molecule has 0 radical (unpaired) electrons. The normalized spacial score (nSPS) is 30.1. The molecule has 1 amide bonds. The Morgan fingerprint density at radius 3 is 2.67 bits per heavy atom. The van der Waals surface area contributed by atoms with E-state index in [2.05, 4.69) is 5.32 Å². The highest BCUT2D eigenvalue weighted by Crippen LogP contribution is 2.25. The Morgan fingerprint density at radius 1 is 1.43 bits per heavy atom. The first-order valence-electron chi connectivity index (χ1n) is 6.59. The van der Waals surface area contributed by atoms with Crippen LogP contribution in [0.1, 0.15) is 10.4 Å². The molecule has 116 valence electrons. The van der Waals surface area contributed by atoms with E-state index in [0.717, 1.165) is 0 Å². The number of aliphatic hydroxyl groups excluding tert-OH is 3. The lowest BCUT2D eigenvalue weighted by atomic mass is 10.0. The molecule has 0 spiro atoms. The molecule has 7 nitrogen and oxygen atoms in total. The van der Waals surface area contributed by atoms with E-state index >= 15 is 0 Å². The van der Waals surface area contributed by atoms with E-state index < -0.39 is 37.3 Å². The van der Waals surface area contributed by atoms with Gasteiger partial charge in [-0.2, -0.15) is 0 Å². The molecule has 1 aliphatic heterocycles. The number of benzene rings is 1. The molecule has 1 heterocycles. The second-order valence-electron chi connectivity index (χ2n) is 4.81. The largest absolute Gasteiger partial charge is 0.394 e. The third-order valence-corrected chi connectivity index (χ3v) is 3.45. The number of ether oxygens (including phenoxy) is 2. The number of rotatable bonds is 5. The standard InChI is InChI=1S/C14H19NO6/c1-20-12-10(14(19)21-11(12)9(17)7-16)15-13(18)8-5-3-2-4-6-8/h2-6,9-12,14,16-17,19H,7H2,1H3,(H,15,18)/t9-,10+,11-,12-,14-/m1/s1. The molecule has 1 fully saturated rings. The molecule has 21 heavy (non-hydrogen) atoms. The van der Waals surface area contributed by atoms with Gasteiger partial charge in [-0.05, 0) is 12.1 Å². The second-order valence-corrected chi connectivity index (χ2v) is 4.81. The molecule has 5 atom stereocenters. The average Bonchev–Trinajstić information content (AvgIpc) is 2.83. The van der Waals surface area contributed by atoms with Gasteiger partial charge in [0.15, 0.2) is 6.29 Å². The summed E-state index contributed by atoms with van der Waals surface area (Å²) in [4.78, 5) is 12.1. The predicted molar refractivity (Wildman–Crippen MR) is 72.5 cm³/mol. The highest BCUT2D eigenvalue weighted by Gasteiger charge is 2.47. The molecule has 0 bridgehead atoms. The number of amides is 1. The van der Waals surface area contributed by atoms with Crippen molar-refractivity contribution in [3.63, 3.8) is 0 Å². The van der Waals surface area contributed by atoms with Gasteiger partial charge >= 0.3 is 0 Å². The van der Waals surface area contributed by atoms with E-state index in [1.54, 1.807) is 30.3 Å². The fourth-order valence-corrected chi connectivity index (χ4v) is 2.36. The van der Waals surface area contributed by atoms with Gasteiger partial charge in [0.1, 0.15) is 24.4 Å². The first kappa shape index (κ1) is 15.9. The molecular formula is C14H19NO6. The lowest BCUT2D eigenvalue weighted by molar-refractivity contribution is -0.141. The average molecular weight is 297 g/mol. The van der Waals surface area contributed by atoms with Crippen molar-refractivity contribution in [2.45, 2.75) is 30.6 Å². The lowest BCUT2D eigenvalue weighted by Gasteiger charge is -2.24. The molecule has 1 aromatic rings. The zero-order valence-electron chi connectivity index (χ0n) is 11.5. The number of carbonyl (C=O) groups is 1. The van der Waals surface area contributed by atoms with Crippen LogP contribution in [0.25, 0.3) is 0 Å². The van der Waals surface area contributed by atoms with Crippen molar-refractivity contribution in [3.05, 3.63) is 35.9 Å². The zero-order chi connectivity index (χ0) is 15.4. The Labute approximate surface area is 122 Å². The number of hydrogen-bond donors (Lipinski definition) is 4. The summed E-state index contributed by atoms with van der Waals surface area (Å²) < 4.78 is 10.4. The van der Waals surface area contributed by atoms with E-state index in [1.807, 2.05) is 0 Å². The van der Waals surface area contributed by atoms with Crippen LogP contribution in [-0.4, -0.2) is 65.6 Å². The summed E-state index contributed by atoms with van der Waals surface area (Å²) in [6.07, 6.45) is -4.22. The van der Waals surface area contributed by atoms with E-state index in [1.165, 1.54) is 7.11 Å². The quantitative estimate of drug-likeness (QED) is 0.548. The molecule has 4 N–H and O–H groups in total. The summed E-state index contributed by atoms with van der Waals surface area (Å²) in [5, 5.41) is 31.2. The van der Waals surface area contributed by atoms with Crippen LogP contribution in [0.2, 0.25) is 0 Å². The third-order valence-electron chi connectivity index (χ3n) is 3.45. The van der Waals surface area contributed by atoms with Crippen LogP contribution in [0.5, 0.6) is 0 Å². The molecule has 1 aliphatic rings. The zero-order valence-corrected chi connectivity index (χ0v) is 11.5. The maximum absolute atomic E-state index is 12.1. The molecule has 2 rings (SSSR count). The van der Waals surface area contributed by atoms with Gasteiger partial charge in [0.05, 0.1) is 6.61 Å². The fourth-order valence-electron chi connectivity index (χ4n) is 2.36. The van der Waals surface area contributed by atoms with Crippen LogP contribution in [-0.2, 0) is 9.47 Å². The summed E-state index contributed by atoms with van der Waals surface area (Å²) >= 11 is 0. The summed E-state index contributed by atoms with van der Waals surface area (Å²) in [7, 11) is 1.38. The van der Waals surface area contributed by atoms with Crippen LogP contribution in [0.3, 0.4) is 0 Å². The van der Waals surface area contributed by atoms with E-state index in [9.17, 15) is 15.0 Å². The SMILES string of the molecule is CO[C@@H]1[C@H](NC(=O)c2ccccc2)[C@H](O)O[C@@H]1[C@H](O)CO. The van der Waals surface area contributed by atoms with Crippen molar-refractivity contribution in [1.29, 1.82) is 0 Å². The molecule has 7 heteroatoms. The first-order chi connectivity index (χ1) is 10.1. The Balaban J connectivity index is 2.09. The maximum atomic E-state index is 12.1. The molecule has 0 aliphatic carbocycles. The van der Waals surface area contributed by atoms with E-state index in [0.29, 0.717) is 5.56 Å². The Bertz CT molecular complexity index is 468. The van der Waals surface area contributed by atoms with Gasteiger partial charge in [-0.25, -0.2) is 0 Å². The van der Waals surface area contributed by atoms with E-state index in [4.69, 9.17) is 14.6 Å². The number of methoxy groups -OCH3 is 1. The highest BCUT2D eigenvalue weighted by molar-refractivity contribution is 5.94. The molecule has 0 saturated carbocycles. The van der Waals surface area contributed by atoms with Gasteiger partial charge in [-0.3, -0.25) is 4.79 Å². The predicted octanol–water partition coefficient (Wildman–Crippen LogP) is -1.13. The van der Waals surface area contributed by atoms with Gasteiger partial charge in [-0.15, -0.1) is 0 Å². The second kappa shape index (κ2) is 6.97. The summed E-state index contributed by atoms with van der Waals surface area (Å²) in [6.45, 7) is -0.531. The molecule has 1 saturated heterocycles. The molecular weight excluding hydrogens is 278 g/mol. The Morgan fingerprint density at radius 2 is 2.10 bits per heavy atom. The minimum Gasteiger partial charge on any atom is -0.394 e. The van der Waals surface area contributed by atoms with Crippen molar-refractivity contribution >= 4 is 5.91 Å². The van der Waals surface area contributed by atoms with Crippen molar-refractivity contribution in [2.75, 3.05) is 13.7 Å². The van der Waals surface area contributed by atoms with Gasteiger partial charge in [0, 0.05) is 12.7 Å². The highest BCUT2D eigenvalue weighted by atomic mass is 16.6. The topological polar surface area (TPSA) is 108 Å². The van der Waals surface area contributed by atoms with Crippen LogP contribution >= 0.6 is 0 Å². The maximum Gasteiger partial charge on any atom is 0.251 e. The molecule has 0 aromatic heterocycles. The van der Waals surface area contributed by atoms with Crippen LogP contribution < -0.4 is 5.32 Å². The number of aliphatic hydroxyl groups is 3. The van der Waals surface area contributed by atoms with Gasteiger partial charge in [0.25, 0.3) is 5.91 Å². The smallest absolute Gasteiger partial charge is 0.251 e. The summed E-state index contributed by atoms with van der Waals surface area (Å²) in [6, 6.07) is 7.67. The first-order valence-corrected chi connectivity index (χ1v) is 6.59. The van der Waals surface area contributed by atoms with Crippen LogP contribution in [0.4, 0.5) is 0 Å². The summed E-state index contributed by atoms with van der Waals surface area (Å²) in [5.74, 6) is -0.385. The molecule has 1 aromatic carbocycles. The minimum absolute atomic E-state index is 0.385. The Kier molecular flexibility index (Phi) is 5.27. The summed E-state index contributed by atoms with van der Waals surface area (Å²) in [5.41, 5.74) is 0.436. The molecule has 0 unspecified atom stereocenters. The Hall–Kier alpha value is -1.51. The fraction of sp³-hybridized carbons (Fsp3) is 0.500. The van der Waals surface area contributed by atoms with Crippen LogP contribution in [0, 0.1) is 0 Å². The van der Waals surface area contributed by atoms with E-state index in [-0.39, 0.29) is 5.91 Å². The minimum atomic E-state index is -1.33. The number of nitrogens with one attached hydrogen (secondary N) is 1. The van der Waals surface area contributed by atoms with Crippen molar-refractivity contribution in [2.24, 2.45) is 0 Å². The van der Waals surface area contributed by atoms with Crippen molar-refractivity contribution in [1.82, 2.24) is 5.32 Å². The monoisotopic (exact) mass is 297 g/mol. The lowest BCUT2D eigenvalue weighted by Crippen LogP contribution is -2.50. The van der Waals surface area contributed by atoms with Crippen molar-refractivity contribution in [3.8, 4) is 0 Å². The van der Waals surface area contributed by atoms with Crippen molar-refractivity contribution < 1.29 is 29.6 Å². The number of hydrogen-bond acceptors (Lipinski definition) is 6. The van der Waals surface area contributed by atoms with Crippen LogP contribution in [0.15, 0.2) is 30.3 Å². The third kappa shape index (κ3) is 3.39.